The SMILES string of the molecule is Cc1cccnc1C(=O)NCCNC(=O)[O-]. The summed E-state index contributed by atoms with van der Waals surface area (Å²) in [6.07, 6.45) is 0.171. The Hall–Kier alpha value is -2.11. The minimum Gasteiger partial charge on any atom is -0.530 e. The molecule has 6 nitrogen and oxygen atoms in total. The molecule has 0 radical (unpaired) electrons. The summed E-state index contributed by atoms with van der Waals surface area (Å²) in [7, 11) is 0. The molecule has 0 aliphatic heterocycles. The number of hydrogen-bond donors (Lipinski definition) is 2. The van der Waals surface area contributed by atoms with Crippen LogP contribution in [-0.4, -0.2) is 30.1 Å². The third kappa shape index (κ3) is 3.56. The molecule has 0 aromatic carbocycles. The van der Waals surface area contributed by atoms with Crippen molar-refractivity contribution in [2.75, 3.05) is 13.1 Å². The van der Waals surface area contributed by atoms with Gasteiger partial charge in [-0.1, -0.05) is 6.07 Å². The molecule has 0 aliphatic rings. The fourth-order valence-electron chi connectivity index (χ4n) is 1.15. The van der Waals surface area contributed by atoms with E-state index in [1.165, 1.54) is 6.20 Å². The predicted octanol–water partition coefficient (Wildman–Crippen LogP) is -0.947. The van der Waals surface area contributed by atoms with Crippen molar-refractivity contribution in [3.63, 3.8) is 0 Å². The number of carbonyl (C=O) groups is 2. The minimum atomic E-state index is -1.36. The quantitative estimate of drug-likeness (QED) is 0.642. The van der Waals surface area contributed by atoms with Gasteiger partial charge in [0.1, 0.15) is 11.8 Å². The van der Waals surface area contributed by atoms with Gasteiger partial charge in [-0.25, -0.2) is 0 Å². The molecule has 6 heteroatoms. The Morgan fingerprint density at radius 3 is 2.69 bits per heavy atom. The topological polar surface area (TPSA) is 94.2 Å². The second-order valence-electron chi connectivity index (χ2n) is 3.14. The van der Waals surface area contributed by atoms with Gasteiger partial charge in [0.05, 0.1) is 0 Å². The Kier molecular flexibility index (Phi) is 4.26. The Bertz CT molecular complexity index is 393. The number of aryl methyl sites for hydroxylation is 1. The van der Waals surface area contributed by atoms with Gasteiger partial charge >= 0.3 is 0 Å². The van der Waals surface area contributed by atoms with Gasteiger partial charge in [0.25, 0.3) is 5.91 Å². The highest BCUT2D eigenvalue weighted by molar-refractivity contribution is 5.93. The molecule has 0 saturated heterocycles. The van der Waals surface area contributed by atoms with Crippen molar-refractivity contribution < 1.29 is 14.7 Å². The van der Waals surface area contributed by atoms with Gasteiger partial charge in [0, 0.05) is 19.3 Å². The number of nitrogens with zero attached hydrogens (tertiary/aromatic N) is 1. The smallest absolute Gasteiger partial charge is 0.270 e. The molecule has 16 heavy (non-hydrogen) atoms. The van der Waals surface area contributed by atoms with E-state index in [1.54, 1.807) is 19.1 Å². The number of rotatable bonds is 4. The normalized spacial score (nSPS) is 9.56. The molecule has 1 heterocycles. The summed E-state index contributed by atoms with van der Waals surface area (Å²) in [4.78, 5) is 25.5. The molecule has 1 aromatic rings. The highest BCUT2D eigenvalue weighted by Crippen LogP contribution is 2.01. The fraction of sp³-hybridized carbons (Fsp3) is 0.300. The van der Waals surface area contributed by atoms with Crippen molar-refractivity contribution in [2.45, 2.75) is 6.92 Å². The van der Waals surface area contributed by atoms with Crippen LogP contribution in [0, 0.1) is 6.92 Å². The number of carboxylic acid groups (broad SMARTS) is 1. The van der Waals surface area contributed by atoms with E-state index in [1.807, 2.05) is 5.32 Å². The van der Waals surface area contributed by atoms with Crippen LogP contribution in [0.5, 0.6) is 0 Å². The predicted molar refractivity (Wildman–Crippen MR) is 54.7 cm³/mol. The highest BCUT2D eigenvalue weighted by atomic mass is 16.4. The van der Waals surface area contributed by atoms with Gasteiger partial charge in [-0.05, 0) is 18.6 Å². The van der Waals surface area contributed by atoms with Crippen LogP contribution < -0.4 is 15.7 Å². The zero-order chi connectivity index (χ0) is 12.0. The maximum atomic E-state index is 11.5. The molecule has 0 unspecified atom stereocenters. The Balaban J connectivity index is 2.41. The largest absolute Gasteiger partial charge is 0.530 e. The van der Waals surface area contributed by atoms with E-state index in [4.69, 9.17) is 0 Å². The first kappa shape index (κ1) is 12.0. The molecule has 0 spiro atoms. The molecule has 86 valence electrons. The van der Waals surface area contributed by atoms with Crippen LogP contribution in [0.25, 0.3) is 0 Å². The molecule has 0 atom stereocenters. The second-order valence-corrected chi connectivity index (χ2v) is 3.14. The van der Waals surface area contributed by atoms with Gasteiger partial charge in [-0.2, -0.15) is 0 Å². The van der Waals surface area contributed by atoms with Crippen LogP contribution in [-0.2, 0) is 0 Å². The standard InChI is InChI=1S/C10H13N3O3/c1-7-3-2-4-11-8(7)9(14)12-5-6-13-10(15)16/h2-4,13H,5-6H2,1H3,(H,12,14)(H,15,16)/p-1. The second kappa shape index (κ2) is 5.69. The lowest BCUT2D eigenvalue weighted by atomic mass is 10.2. The van der Waals surface area contributed by atoms with Crippen molar-refractivity contribution in [2.24, 2.45) is 0 Å². The highest BCUT2D eigenvalue weighted by Gasteiger charge is 2.08. The molecule has 0 fully saturated rings. The van der Waals surface area contributed by atoms with Crippen LogP contribution in [0.2, 0.25) is 0 Å². The molecular formula is C10H12N3O3-. The number of hydrogen-bond acceptors (Lipinski definition) is 4. The van der Waals surface area contributed by atoms with Gasteiger partial charge in [-0.15, -0.1) is 0 Å². The monoisotopic (exact) mass is 222 g/mol. The van der Waals surface area contributed by atoms with E-state index in [9.17, 15) is 14.7 Å². The maximum Gasteiger partial charge on any atom is 0.270 e. The molecule has 2 N–H and O–H groups in total. The van der Waals surface area contributed by atoms with E-state index in [-0.39, 0.29) is 19.0 Å². The molecule has 0 bridgehead atoms. The lowest BCUT2D eigenvalue weighted by molar-refractivity contribution is -0.250. The summed E-state index contributed by atoms with van der Waals surface area (Å²) in [5.74, 6) is -0.321. The third-order valence-electron chi connectivity index (χ3n) is 1.90. The van der Waals surface area contributed by atoms with Crippen molar-refractivity contribution in [1.29, 1.82) is 0 Å². The Labute approximate surface area is 92.7 Å². The first-order chi connectivity index (χ1) is 7.61. The summed E-state index contributed by atoms with van der Waals surface area (Å²) in [6, 6.07) is 3.52. The zero-order valence-corrected chi connectivity index (χ0v) is 8.82. The lowest BCUT2D eigenvalue weighted by Crippen LogP contribution is -2.41. The molecular weight excluding hydrogens is 210 g/mol. The number of carbonyl (C=O) groups excluding carboxylic acids is 2. The van der Waals surface area contributed by atoms with Gasteiger partial charge < -0.3 is 20.5 Å². The minimum absolute atomic E-state index is 0.111. The van der Waals surface area contributed by atoms with Crippen molar-refractivity contribution >= 4 is 12.0 Å². The van der Waals surface area contributed by atoms with Crippen LogP contribution in [0.3, 0.4) is 0 Å². The summed E-state index contributed by atoms with van der Waals surface area (Å²) >= 11 is 0. The van der Waals surface area contributed by atoms with E-state index in [0.29, 0.717) is 5.69 Å². The number of amides is 2. The van der Waals surface area contributed by atoms with Crippen molar-refractivity contribution in [3.8, 4) is 0 Å². The van der Waals surface area contributed by atoms with Crippen LogP contribution >= 0.6 is 0 Å². The number of pyridine rings is 1. The van der Waals surface area contributed by atoms with E-state index >= 15 is 0 Å². The van der Waals surface area contributed by atoms with Gasteiger partial charge in [0.15, 0.2) is 0 Å². The third-order valence-corrected chi connectivity index (χ3v) is 1.90. The van der Waals surface area contributed by atoms with Crippen molar-refractivity contribution in [1.82, 2.24) is 15.6 Å². The molecule has 0 saturated carbocycles. The van der Waals surface area contributed by atoms with Crippen LogP contribution in [0.4, 0.5) is 4.79 Å². The number of nitrogens with one attached hydrogen (secondary N) is 2. The van der Waals surface area contributed by atoms with Gasteiger partial charge in [-0.3, -0.25) is 9.78 Å². The van der Waals surface area contributed by atoms with E-state index < -0.39 is 6.09 Å². The van der Waals surface area contributed by atoms with E-state index in [0.717, 1.165) is 5.56 Å². The Morgan fingerprint density at radius 1 is 1.38 bits per heavy atom. The summed E-state index contributed by atoms with van der Waals surface area (Å²) in [5.41, 5.74) is 1.11. The van der Waals surface area contributed by atoms with E-state index in [2.05, 4.69) is 10.3 Å². The fourth-order valence-corrected chi connectivity index (χ4v) is 1.15. The average Bonchev–Trinajstić information content (AvgIpc) is 2.24. The average molecular weight is 222 g/mol. The van der Waals surface area contributed by atoms with Crippen LogP contribution in [0.1, 0.15) is 16.1 Å². The Morgan fingerprint density at radius 2 is 2.06 bits per heavy atom. The first-order valence-electron chi connectivity index (χ1n) is 4.76. The molecule has 0 aliphatic carbocycles. The summed E-state index contributed by atoms with van der Waals surface area (Å²) < 4.78 is 0. The zero-order valence-electron chi connectivity index (χ0n) is 8.82. The molecule has 1 aromatic heterocycles. The first-order valence-corrected chi connectivity index (χ1v) is 4.76. The number of aromatic nitrogens is 1. The lowest BCUT2D eigenvalue weighted by Gasteiger charge is -2.08. The molecule has 1 rings (SSSR count). The maximum absolute atomic E-state index is 11.5. The van der Waals surface area contributed by atoms with Gasteiger partial charge in [0.2, 0.25) is 0 Å². The van der Waals surface area contributed by atoms with Crippen molar-refractivity contribution in [3.05, 3.63) is 29.6 Å². The summed E-state index contributed by atoms with van der Waals surface area (Å²) in [6.45, 7) is 2.09. The summed E-state index contributed by atoms with van der Waals surface area (Å²) in [5, 5.41) is 14.6. The molecule has 2 amide bonds. The van der Waals surface area contributed by atoms with Crippen LogP contribution in [0.15, 0.2) is 18.3 Å².